The van der Waals surface area contributed by atoms with E-state index in [1.54, 1.807) is 6.92 Å². The molecule has 6 nitrogen and oxygen atoms in total. The number of rotatable bonds is 5. The zero-order valence-electron chi connectivity index (χ0n) is 9.81. The first kappa shape index (κ1) is 13.6. The topological polar surface area (TPSA) is 88.5 Å². The average Bonchev–Trinajstić information content (AvgIpc) is 2.58. The number of aliphatic carboxylic acids is 1. The van der Waals surface area contributed by atoms with Gasteiger partial charge < -0.3 is 15.2 Å². The van der Waals surface area contributed by atoms with E-state index in [1.807, 2.05) is 6.92 Å². The van der Waals surface area contributed by atoms with Gasteiger partial charge in [0.15, 0.2) is 6.10 Å². The number of hydrogen-bond acceptors (Lipinski definition) is 5. The van der Waals surface area contributed by atoms with Crippen molar-refractivity contribution in [2.45, 2.75) is 20.0 Å². The normalized spacial score (nSPS) is 12.2. The Kier molecular flexibility index (Phi) is 4.59. The van der Waals surface area contributed by atoms with Crippen molar-refractivity contribution in [1.29, 1.82) is 0 Å². The lowest BCUT2D eigenvalue weighted by atomic mass is 10.3. The number of nitrogens with zero attached hydrogens (tertiary/aromatic N) is 1. The van der Waals surface area contributed by atoms with E-state index < -0.39 is 12.1 Å². The van der Waals surface area contributed by atoms with Crippen LogP contribution < -0.4 is 5.32 Å². The summed E-state index contributed by atoms with van der Waals surface area (Å²) in [5.41, 5.74) is 0.647. The Balaban J connectivity index is 2.61. The molecule has 0 bridgehead atoms. The van der Waals surface area contributed by atoms with Gasteiger partial charge in [0.25, 0.3) is 5.91 Å². The fourth-order valence-corrected chi connectivity index (χ4v) is 2.12. The van der Waals surface area contributed by atoms with Crippen molar-refractivity contribution in [1.82, 2.24) is 10.3 Å². The predicted octanol–water partition coefficient (Wildman–Crippen LogP) is 0.589. The highest BCUT2D eigenvalue weighted by Crippen LogP contribution is 2.16. The second-order valence-electron chi connectivity index (χ2n) is 3.42. The zero-order chi connectivity index (χ0) is 13.0. The van der Waals surface area contributed by atoms with E-state index in [2.05, 4.69) is 10.3 Å². The molecule has 0 aliphatic heterocycles. The Hall–Kier alpha value is -1.47. The Morgan fingerprint density at radius 3 is 2.59 bits per heavy atom. The molecule has 94 valence electrons. The SMILES string of the molecule is COC(CNC(=O)c1sc(C)nc1C)C(=O)O. The lowest BCUT2D eigenvalue weighted by Crippen LogP contribution is -2.37. The van der Waals surface area contributed by atoms with Crippen LogP contribution in [-0.2, 0) is 9.53 Å². The molecule has 0 saturated heterocycles. The van der Waals surface area contributed by atoms with E-state index in [0.717, 1.165) is 5.01 Å². The summed E-state index contributed by atoms with van der Waals surface area (Å²) in [7, 11) is 1.28. The van der Waals surface area contributed by atoms with Crippen LogP contribution in [0.25, 0.3) is 0 Å². The van der Waals surface area contributed by atoms with E-state index >= 15 is 0 Å². The van der Waals surface area contributed by atoms with E-state index in [9.17, 15) is 9.59 Å². The lowest BCUT2D eigenvalue weighted by Gasteiger charge is -2.10. The van der Waals surface area contributed by atoms with Gasteiger partial charge in [0.05, 0.1) is 17.2 Å². The van der Waals surface area contributed by atoms with Gasteiger partial charge in [-0.25, -0.2) is 9.78 Å². The van der Waals surface area contributed by atoms with Crippen LogP contribution >= 0.6 is 11.3 Å². The van der Waals surface area contributed by atoms with Gasteiger partial charge in [0.2, 0.25) is 0 Å². The number of aryl methyl sites for hydroxylation is 2. The molecule has 0 aliphatic carbocycles. The molecule has 1 aromatic heterocycles. The fourth-order valence-electron chi connectivity index (χ4n) is 1.28. The van der Waals surface area contributed by atoms with Crippen molar-refractivity contribution in [3.05, 3.63) is 15.6 Å². The van der Waals surface area contributed by atoms with Crippen LogP contribution in [0.3, 0.4) is 0 Å². The molecular formula is C10H14N2O4S. The van der Waals surface area contributed by atoms with Crippen LogP contribution in [0.2, 0.25) is 0 Å². The Morgan fingerprint density at radius 1 is 1.53 bits per heavy atom. The van der Waals surface area contributed by atoms with E-state index in [-0.39, 0.29) is 12.5 Å². The molecular weight excluding hydrogens is 244 g/mol. The van der Waals surface area contributed by atoms with Gasteiger partial charge >= 0.3 is 5.97 Å². The number of carbonyl (C=O) groups excluding carboxylic acids is 1. The van der Waals surface area contributed by atoms with Crippen LogP contribution in [0.15, 0.2) is 0 Å². The highest BCUT2D eigenvalue weighted by molar-refractivity contribution is 7.13. The third kappa shape index (κ3) is 3.50. The quantitative estimate of drug-likeness (QED) is 0.807. The molecule has 1 unspecified atom stereocenters. The van der Waals surface area contributed by atoms with Gasteiger partial charge in [-0.2, -0.15) is 0 Å². The molecule has 0 aromatic carbocycles. The molecule has 0 saturated carbocycles. The van der Waals surface area contributed by atoms with E-state index in [1.165, 1.54) is 18.4 Å². The molecule has 1 aromatic rings. The first-order valence-electron chi connectivity index (χ1n) is 4.93. The molecule has 7 heteroatoms. The molecule has 1 rings (SSSR count). The van der Waals surface area contributed by atoms with Gasteiger partial charge in [0.1, 0.15) is 4.88 Å². The van der Waals surface area contributed by atoms with Gasteiger partial charge in [-0.05, 0) is 13.8 Å². The summed E-state index contributed by atoms with van der Waals surface area (Å²) in [5.74, 6) is -1.43. The third-order valence-corrected chi connectivity index (χ3v) is 3.19. The Morgan fingerprint density at radius 2 is 2.18 bits per heavy atom. The number of amides is 1. The minimum atomic E-state index is -1.11. The van der Waals surface area contributed by atoms with E-state index in [0.29, 0.717) is 10.6 Å². The minimum absolute atomic E-state index is 0.0684. The molecule has 0 aliphatic rings. The zero-order valence-corrected chi connectivity index (χ0v) is 10.6. The first-order valence-corrected chi connectivity index (χ1v) is 5.75. The van der Waals surface area contributed by atoms with Gasteiger partial charge in [-0.3, -0.25) is 4.79 Å². The van der Waals surface area contributed by atoms with Crippen molar-refractivity contribution < 1.29 is 19.4 Å². The number of aromatic nitrogens is 1. The number of thiazole rings is 1. The molecule has 0 spiro atoms. The summed E-state index contributed by atoms with van der Waals surface area (Å²) < 4.78 is 4.71. The van der Waals surface area contributed by atoms with Crippen LogP contribution in [0.5, 0.6) is 0 Å². The summed E-state index contributed by atoms with van der Waals surface area (Å²) >= 11 is 1.28. The largest absolute Gasteiger partial charge is 0.479 e. The molecule has 1 amide bonds. The number of nitrogens with one attached hydrogen (secondary N) is 1. The maximum Gasteiger partial charge on any atom is 0.334 e. The highest BCUT2D eigenvalue weighted by atomic mass is 32.1. The van der Waals surface area contributed by atoms with Gasteiger partial charge in [0, 0.05) is 7.11 Å². The van der Waals surface area contributed by atoms with Crippen molar-refractivity contribution in [2.24, 2.45) is 0 Å². The Bertz CT molecular complexity index is 430. The van der Waals surface area contributed by atoms with Gasteiger partial charge in [-0.15, -0.1) is 11.3 Å². The number of carboxylic acid groups (broad SMARTS) is 1. The third-order valence-electron chi connectivity index (χ3n) is 2.12. The van der Waals surface area contributed by atoms with Crippen molar-refractivity contribution >= 4 is 23.2 Å². The molecule has 1 atom stereocenters. The average molecular weight is 258 g/mol. The second-order valence-corrected chi connectivity index (χ2v) is 4.62. The smallest absolute Gasteiger partial charge is 0.334 e. The molecule has 0 fully saturated rings. The number of carbonyl (C=O) groups is 2. The predicted molar refractivity (Wildman–Crippen MR) is 62.4 cm³/mol. The summed E-state index contributed by atoms with van der Waals surface area (Å²) in [6.45, 7) is 3.48. The van der Waals surface area contributed by atoms with E-state index in [4.69, 9.17) is 9.84 Å². The van der Waals surface area contributed by atoms with Crippen LogP contribution in [0.1, 0.15) is 20.4 Å². The van der Waals surface area contributed by atoms with Crippen molar-refractivity contribution in [3.8, 4) is 0 Å². The van der Waals surface area contributed by atoms with Crippen LogP contribution in [-0.4, -0.2) is 41.7 Å². The van der Waals surface area contributed by atoms with Crippen molar-refractivity contribution in [2.75, 3.05) is 13.7 Å². The first-order chi connectivity index (χ1) is 7.95. The minimum Gasteiger partial charge on any atom is -0.479 e. The summed E-state index contributed by atoms with van der Waals surface area (Å²) in [6.07, 6.45) is -1.03. The fraction of sp³-hybridized carbons (Fsp3) is 0.500. The highest BCUT2D eigenvalue weighted by Gasteiger charge is 2.19. The van der Waals surface area contributed by atoms with Crippen molar-refractivity contribution in [3.63, 3.8) is 0 Å². The molecule has 0 radical (unpaired) electrons. The lowest BCUT2D eigenvalue weighted by molar-refractivity contribution is -0.147. The monoisotopic (exact) mass is 258 g/mol. The standard InChI is InChI=1S/C10H14N2O4S/c1-5-8(17-6(2)12-5)9(13)11-4-7(16-3)10(14)15/h7H,4H2,1-3H3,(H,11,13)(H,14,15). The molecule has 17 heavy (non-hydrogen) atoms. The van der Waals surface area contributed by atoms with Crippen LogP contribution in [0, 0.1) is 13.8 Å². The summed E-state index contributed by atoms with van der Waals surface area (Å²) in [4.78, 5) is 27.0. The maximum absolute atomic E-state index is 11.7. The number of hydrogen-bond donors (Lipinski definition) is 2. The number of methoxy groups -OCH3 is 1. The second kappa shape index (κ2) is 5.74. The van der Waals surface area contributed by atoms with Gasteiger partial charge in [-0.1, -0.05) is 0 Å². The maximum atomic E-state index is 11.7. The summed E-state index contributed by atoms with van der Waals surface area (Å²) in [5, 5.41) is 12.0. The van der Waals surface area contributed by atoms with Crippen LogP contribution in [0.4, 0.5) is 0 Å². The molecule has 2 N–H and O–H groups in total. The number of ether oxygens (including phenoxy) is 1. The Labute approximate surface area is 103 Å². The summed E-state index contributed by atoms with van der Waals surface area (Å²) in [6, 6.07) is 0. The molecule has 1 heterocycles. The number of carboxylic acids is 1.